The number of nitrogens with one attached hydrogen (secondary N) is 2. The number of hydrogen-bond donors (Lipinski definition) is 3. The Kier molecular flexibility index (Phi) is 8.99. The number of hydrogen-bond acceptors (Lipinski definition) is 4. The molecule has 1 aromatic rings. The van der Waals surface area contributed by atoms with E-state index in [1.165, 1.54) is 0 Å². The molecule has 23 heavy (non-hydrogen) atoms. The minimum absolute atomic E-state index is 0. The zero-order valence-corrected chi connectivity index (χ0v) is 15.1. The van der Waals surface area contributed by atoms with Gasteiger partial charge in [-0.05, 0) is 23.6 Å². The number of anilines is 1. The highest BCUT2D eigenvalue weighted by atomic mass is 35.5. The number of aliphatic carboxylic acids is 1. The van der Waals surface area contributed by atoms with Crippen LogP contribution in [0.25, 0.3) is 0 Å². The summed E-state index contributed by atoms with van der Waals surface area (Å²) in [5.74, 6) is -0.866. The van der Waals surface area contributed by atoms with Crippen LogP contribution in [-0.2, 0) is 4.79 Å². The maximum atomic E-state index is 11.0. The highest BCUT2D eigenvalue weighted by Gasteiger charge is 2.16. The van der Waals surface area contributed by atoms with Crippen molar-refractivity contribution in [3.8, 4) is 6.07 Å². The number of benzene rings is 1. The van der Waals surface area contributed by atoms with E-state index in [2.05, 4.69) is 31.4 Å². The fourth-order valence-electron chi connectivity index (χ4n) is 1.94. The summed E-state index contributed by atoms with van der Waals surface area (Å²) in [6, 6.07) is 6.71. The van der Waals surface area contributed by atoms with Gasteiger partial charge in [-0.1, -0.05) is 32.4 Å². The lowest BCUT2D eigenvalue weighted by atomic mass is 9.97. The first-order valence-electron chi connectivity index (χ1n) is 7.10. The molecule has 1 rings (SSSR count). The third-order valence-electron chi connectivity index (χ3n) is 2.93. The fraction of sp³-hybridized carbons (Fsp3) is 0.500. The van der Waals surface area contributed by atoms with Crippen LogP contribution in [0.4, 0.5) is 5.69 Å². The summed E-state index contributed by atoms with van der Waals surface area (Å²) in [5.41, 5.74) is 1.23. The van der Waals surface area contributed by atoms with Crippen molar-refractivity contribution in [1.29, 1.82) is 5.26 Å². The Labute approximate surface area is 148 Å². The highest BCUT2D eigenvalue weighted by molar-refractivity contribution is 6.32. The normalized spacial score (nSPS) is 12.0. The molecule has 128 valence electrons. The van der Waals surface area contributed by atoms with E-state index in [4.69, 9.17) is 22.0 Å². The summed E-state index contributed by atoms with van der Waals surface area (Å²) in [7, 11) is 0. The van der Waals surface area contributed by atoms with Crippen molar-refractivity contribution in [1.82, 2.24) is 5.32 Å². The quantitative estimate of drug-likeness (QED) is 0.693. The van der Waals surface area contributed by atoms with E-state index in [1.807, 2.05) is 6.07 Å². The van der Waals surface area contributed by atoms with E-state index in [1.54, 1.807) is 18.2 Å². The largest absolute Gasteiger partial charge is 0.481 e. The Bertz CT molecular complexity index is 565. The number of halogens is 2. The van der Waals surface area contributed by atoms with Crippen LogP contribution in [0.3, 0.4) is 0 Å². The lowest BCUT2D eigenvalue weighted by Crippen LogP contribution is -2.38. The third kappa shape index (κ3) is 8.65. The van der Waals surface area contributed by atoms with Gasteiger partial charge in [-0.25, -0.2) is 0 Å². The Morgan fingerprint density at radius 1 is 1.43 bits per heavy atom. The number of carboxylic acids is 1. The van der Waals surface area contributed by atoms with Crippen LogP contribution in [0.1, 0.15) is 32.8 Å². The summed E-state index contributed by atoms with van der Waals surface area (Å²) in [6.07, 6.45) is -0.00520. The van der Waals surface area contributed by atoms with Gasteiger partial charge in [-0.3, -0.25) is 4.79 Å². The Morgan fingerprint density at radius 2 is 2.09 bits per heavy atom. The van der Waals surface area contributed by atoms with Crippen molar-refractivity contribution >= 4 is 35.7 Å². The number of carbonyl (C=O) groups is 1. The second kappa shape index (κ2) is 9.61. The number of rotatable bonds is 7. The van der Waals surface area contributed by atoms with Gasteiger partial charge < -0.3 is 15.7 Å². The Morgan fingerprint density at radius 3 is 2.57 bits per heavy atom. The van der Waals surface area contributed by atoms with Gasteiger partial charge >= 0.3 is 5.97 Å². The van der Waals surface area contributed by atoms with Gasteiger partial charge in [0.15, 0.2) is 0 Å². The van der Waals surface area contributed by atoms with Crippen LogP contribution in [0.5, 0.6) is 0 Å². The van der Waals surface area contributed by atoms with E-state index in [0.29, 0.717) is 22.8 Å². The Hall–Kier alpha value is -1.48. The van der Waals surface area contributed by atoms with Crippen molar-refractivity contribution in [3.05, 3.63) is 28.8 Å². The summed E-state index contributed by atoms with van der Waals surface area (Å²) >= 11 is 5.99. The molecule has 0 bridgehead atoms. The van der Waals surface area contributed by atoms with Gasteiger partial charge in [0, 0.05) is 24.8 Å². The Balaban J connectivity index is 0.00000484. The molecule has 0 unspecified atom stereocenters. The van der Waals surface area contributed by atoms with Crippen molar-refractivity contribution in [2.45, 2.75) is 33.2 Å². The molecule has 0 aliphatic heterocycles. The predicted molar refractivity (Wildman–Crippen MR) is 95.4 cm³/mol. The smallest absolute Gasteiger partial charge is 0.305 e. The van der Waals surface area contributed by atoms with Crippen molar-refractivity contribution in [3.63, 3.8) is 0 Å². The maximum absolute atomic E-state index is 11.0. The minimum Gasteiger partial charge on any atom is -0.481 e. The molecule has 0 aromatic heterocycles. The lowest BCUT2D eigenvalue weighted by Gasteiger charge is -2.23. The first kappa shape index (κ1) is 21.5. The van der Waals surface area contributed by atoms with E-state index < -0.39 is 5.97 Å². The van der Waals surface area contributed by atoms with Gasteiger partial charge in [0.2, 0.25) is 0 Å². The molecule has 0 radical (unpaired) electrons. The topological polar surface area (TPSA) is 85.2 Å². The number of nitriles is 1. The molecule has 7 heteroatoms. The summed E-state index contributed by atoms with van der Waals surface area (Å²) in [6.45, 7) is 7.65. The minimum atomic E-state index is -0.866. The molecule has 0 spiro atoms. The number of carboxylic acid groups (broad SMARTS) is 1. The third-order valence-corrected chi connectivity index (χ3v) is 3.24. The average molecular weight is 360 g/mol. The van der Waals surface area contributed by atoms with Gasteiger partial charge in [0.05, 0.1) is 17.0 Å². The van der Waals surface area contributed by atoms with Gasteiger partial charge in [0.1, 0.15) is 6.07 Å². The van der Waals surface area contributed by atoms with Crippen LogP contribution in [0, 0.1) is 16.7 Å². The molecule has 5 nitrogen and oxygen atoms in total. The van der Waals surface area contributed by atoms with Crippen LogP contribution >= 0.6 is 24.0 Å². The van der Waals surface area contributed by atoms with Crippen molar-refractivity contribution < 1.29 is 9.90 Å². The van der Waals surface area contributed by atoms with E-state index >= 15 is 0 Å². The highest BCUT2D eigenvalue weighted by Crippen LogP contribution is 2.21. The molecule has 0 fully saturated rings. The maximum Gasteiger partial charge on any atom is 0.305 e. The molecule has 0 aliphatic carbocycles. The van der Waals surface area contributed by atoms with E-state index in [9.17, 15) is 4.79 Å². The molecule has 0 amide bonds. The number of nitrogens with zero attached hydrogens (tertiary/aromatic N) is 1. The van der Waals surface area contributed by atoms with Crippen molar-refractivity contribution in [2.75, 3.05) is 18.4 Å². The second-order valence-corrected chi connectivity index (χ2v) is 6.84. The van der Waals surface area contributed by atoms with Gasteiger partial charge in [-0.15, -0.1) is 12.4 Å². The van der Waals surface area contributed by atoms with E-state index in [0.717, 1.165) is 6.54 Å². The molecule has 0 saturated heterocycles. The van der Waals surface area contributed by atoms with E-state index in [-0.39, 0.29) is 30.3 Å². The van der Waals surface area contributed by atoms with Crippen LogP contribution in [0.2, 0.25) is 5.02 Å². The molecule has 0 heterocycles. The summed E-state index contributed by atoms with van der Waals surface area (Å²) < 4.78 is 0. The van der Waals surface area contributed by atoms with Gasteiger partial charge in [-0.2, -0.15) is 5.26 Å². The SMILES string of the molecule is CC(C)(C)CNC[C@H](CC(=O)O)Nc1ccc(C#N)c(Cl)c1.Cl. The van der Waals surface area contributed by atoms with Crippen LogP contribution in [0.15, 0.2) is 18.2 Å². The molecule has 0 saturated carbocycles. The first-order chi connectivity index (χ1) is 10.2. The molecule has 3 N–H and O–H groups in total. The monoisotopic (exact) mass is 359 g/mol. The predicted octanol–water partition coefficient (Wildman–Crippen LogP) is 3.52. The lowest BCUT2D eigenvalue weighted by molar-refractivity contribution is -0.137. The molecule has 1 atom stereocenters. The summed E-state index contributed by atoms with van der Waals surface area (Å²) in [5, 5.41) is 24.7. The molecular weight excluding hydrogens is 337 g/mol. The molecular formula is C16H23Cl2N3O2. The second-order valence-electron chi connectivity index (χ2n) is 6.44. The van der Waals surface area contributed by atoms with Crippen LogP contribution < -0.4 is 10.6 Å². The molecule has 0 aliphatic rings. The summed E-state index contributed by atoms with van der Waals surface area (Å²) in [4.78, 5) is 11.0. The molecule has 1 aromatic carbocycles. The zero-order valence-electron chi connectivity index (χ0n) is 13.5. The fourth-order valence-corrected chi connectivity index (χ4v) is 2.16. The standard InChI is InChI=1S/C16H22ClN3O2.ClH/c1-16(2,3)10-19-9-13(7-15(21)22)20-12-5-4-11(8-18)14(17)6-12;/h4-6,13,19-20H,7,9-10H2,1-3H3,(H,21,22);1H/t13-;/m0./s1. The van der Waals surface area contributed by atoms with Crippen LogP contribution in [-0.4, -0.2) is 30.2 Å². The first-order valence-corrected chi connectivity index (χ1v) is 7.48. The van der Waals surface area contributed by atoms with Gasteiger partial charge in [0.25, 0.3) is 0 Å². The zero-order chi connectivity index (χ0) is 16.8. The average Bonchev–Trinajstić information content (AvgIpc) is 2.36. The van der Waals surface area contributed by atoms with Crippen molar-refractivity contribution in [2.24, 2.45) is 5.41 Å².